The molecule has 0 heterocycles. The summed E-state index contributed by atoms with van der Waals surface area (Å²) >= 11 is 0. The fourth-order valence-electron chi connectivity index (χ4n) is 2.31. The van der Waals surface area contributed by atoms with Crippen LogP contribution >= 0.6 is 0 Å². The average Bonchev–Trinajstić information content (AvgIpc) is 2.49. The fourth-order valence-corrected chi connectivity index (χ4v) is 2.31. The third-order valence-corrected chi connectivity index (χ3v) is 3.23. The van der Waals surface area contributed by atoms with Crippen LogP contribution in [0.5, 0.6) is 0 Å². The average molecular weight is 180 g/mol. The monoisotopic (exact) mass is 180 g/mol. The Bertz CT molecular complexity index is 192. The number of terminal acetylenes is 1. The van der Waals surface area contributed by atoms with Crippen LogP contribution in [-0.2, 0) is 0 Å². The van der Waals surface area contributed by atoms with Gasteiger partial charge in [-0.3, -0.25) is 0 Å². The molecule has 1 nitrogen and oxygen atoms in total. The van der Waals surface area contributed by atoms with E-state index in [1.165, 1.54) is 12.8 Å². The molecule has 1 N–H and O–H groups in total. The van der Waals surface area contributed by atoms with E-state index in [2.05, 4.69) is 12.8 Å². The molecule has 2 atom stereocenters. The van der Waals surface area contributed by atoms with Gasteiger partial charge in [0.05, 0.1) is 5.60 Å². The third-order valence-electron chi connectivity index (χ3n) is 3.23. The summed E-state index contributed by atoms with van der Waals surface area (Å²) < 4.78 is 0. The Balaban J connectivity index is 2.28. The third kappa shape index (κ3) is 3.04. The number of hydrogen-bond donors (Lipinski definition) is 1. The van der Waals surface area contributed by atoms with E-state index in [9.17, 15) is 5.11 Å². The van der Waals surface area contributed by atoms with Crippen LogP contribution in [0.1, 0.15) is 51.9 Å². The van der Waals surface area contributed by atoms with Crippen LogP contribution in [0.2, 0.25) is 0 Å². The second kappa shape index (κ2) is 4.67. The molecule has 13 heavy (non-hydrogen) atoms. The summed E-state index contributed by atoms with van der Waals surface area (Å²) in [5.41, 5.74) is -0.377. The molecule has 0 spiro atoms. The zero-order valence-electron chi connectivity index (χ0n) is 8.55. The standard InChI is InChI=1S/C12H20O/c1-3-5-6-8-12(13)9-7-11(4-2)10-12/h1,11,13H,4-10H2,2H3. The molecular formula is C12H20O. The maximum atomic E-state index is 10.2. The summed E-state index contributed by atoms with van der Waals surface area (Å²) in [6.45, 7) is 2.21. The van der Waals surface area contributed by atoms with Gasteiger partial charge in [0.2, 0.25) is 0 Å². The summed E-state index contributed by atoms with van der Waals surface area (Å²) in [7, 11) is 0. The molecule has 0 radical (unpaired) electrons. The van der Waals surface area contributed by atoms with E-state index in [0.717, 1.165) is 38.0 Å². The highest BCUT2D eigenvalue weighted by atomic mass is 16.3. The molecule has 2 unspecified atom stereocenters. The first-order valence-electron chi connectivity index (χ1n) is 5.36. The Morgan fingerprint density at radius 3 is 2.92 bits per heavy atom. The van der Waals surface area contributed by atoms with Crippen molar-refractivity contribution in [3.63, 3.8) is 0 Å². The van der Waals surface area contributed by atoms with Crippen LogP contribution in [0.4, 0.5) is 0 Å². The summed E-state index contributed by atoms with van der Waals surface area (Å²) in [6.07, 6.45) is 12.2. The topological polar surface area (TPSA) is 20.2 Å². The lowest BCUT2D eigenvalue weighted by molar-refractivity contribution is 0.0329. The first-order valence-corrected chi connectivity index (χ1v) is 5.36. The molecule has 0 aromatic rings. The van der Waals surface area contributed by atoms with Crippen LogP contribution in [-0.4, -0.2) is 10.7 Å². The molecule has 0 aromatic carbocycles. The second-order valence-electron chi connectivity index (χ2n) is 4.30. The van der Waals surface area contributed by atoms with E-state index in [-0.39, 0.29) is 5.60 Å². The van der Waals surface area contributed by atoms with Crippen LogP contribution in [0, 0.1) is 18.3 Å². The van der Waals surface area contributed by atoms with Crippen molar-refractivity contribution in [1.82, 2.24) is 0 Å². The lowest BCUT2D eigenvalue weighted by Crippen LogP contribution is -2.24. The van der Waals surface area contributed by atoms with E-state index in [1.54, 1.807) is 0 Å². The Morgan fingerprint density at radius 1 is 1.62 bits per heavy atom. The van der Waals surface area contributed by atoms with Crippen molar-refractivity contribution >= 4 is 0 Å². The van der Waals surface area contributed by atoms with Gasteiger partial charge < -0.3 is 5.11 Å². The molecule has 1 rings (SSSR count). The van der Waals surface area contributed by atoms with Gasteiger partial charge in [-0.2, -0.15) is 0 Å². The molecule has 0 amide bonds. The van der Waals surface area contributed by atoms with Gasteiger partial charge >= 0.3 is 0 Å². The van der Waals surface area contributed by atoms with Gasteiger partial charge in [-0.1, -0.05) is 13.3 Å². The van der Waals surface area contributed by atoms with Crippen molar-refractivity contribution in [2.45, 2.75) is 57.5 Å². The first-order chi connectivity index (χ1) is 6.20. The molecule has 1 fully saturated rings. The number of unbranched alkanes of at least 4 members (excludes halogenated alkanes) is 1. The van der Waals surface area contributed by atoms with Gasteiger partial charge in [-0.15, -0.1) is 12.3 Å². The van der Waals surface area contributed by atoms with E-state index in [4.69, 9.17) is 6.42 Å². The Hall–Kier alpha value is -0.480. The lowest BCUT2D eigenvalue weighted by atomic mass is 9.93. The van der Waals surface area contributed by atoms with Crippen LogP contribution in [0.15, 0.2) is 0 Å². The van der Waals surface area contributed by atoms with Crippen molar-refractivity contribution in [3.05, 3.63) is 0 Å². The molecule has 0 aliphatic heterocycles. The minimum atomic E-state index is -0.377. The summed E-state index contributed by atoms with van der Waals surface area (Å²) in [5, 5.41) is 10.2. The maximum Gasteiger partial charge on any atom is 0.0650 e. The smallest absolute Gasteiger partial charge is 0.0650 e. The van der Waals surface area contributed by atoms with E-state index >= 15 is 0 Å². The molecule has 74 valence electrons. The van der Waals surface area contributed by atoms with Crippen molar-refractivity contribution in [1.29, 1.82) is 0 Å². The Morgan fingerprint density at radius 2 is 2.38 bits per heavy atom. The van der Waals surface area contributed by atoms with Crippen LogP contribution in [0.25, 0.3) is 0 Å². The molecule has 0 aromatic heterocycles. The van der Waals surface area contributed by atoms with Gasteiger partial charge in [0, 0.05) is 6.42 Å². The first kappa shape index (κ1) is 10.6. The summed E-state index contributed by atoms with van der Waals surface area (Å²) in [4.78, 5) is 0. The largest absolute Gasteiger partial charge is 0.390 e. The Kier molecular flexibility index (Phi) is 3.81. The van der Waals surface area contributed by atoms with Gasteiger partial charge in [0.1, 0.15) is 0 Å². The molecule has 1 aliphatic carbocycles. The van der Waals surface area contributed by atoms with Gasteiger partial charge in [0.25, 0.3) is 0 Å². The molecular weight excluding hydrogens is 160 g/mol. The molecule has 1 aliphatic rings. The predicted molar refractivity (Wildman–Crippen MR) is 55.3 cm³/mol. The van der Waals surface area contributed by atoms with Gasteiger partial charge in [0.15, 0.2) is 0 Å². The van der Waals surface area contributed by atoms with E-state index < -0.39 is 0 Å². The minimum Gasteiger partial charge on any atom is -0.390 e. The van der Waals surface area contributed by atoms with Crippen molar-refractivity contribution in [2.75, 3.05) is 0 Å². The van der Waals surface area contributed by atoms with Crippen molar-refractivity contribution < 1.29 is 5.11 Å². The Labute approximate surface area is 81.5 Å². The number of rotatable bonds is 4. The zero-order chi connectivity index (χ0) is 9.73. The van der Waals surface area contributed by atoms with E-state index in [0.29, 0.717) is 0 Å². The lowest BCUT2D eigenvalue weighted by Gasteiger charge is -2.22. The maximum absolute atomic E-state index is 10.2. The van der Waals surface area contributed by atoms with Gasteiger partial charge in [-0.25, -0.2) is 0 Å². The fraction of sp³-hybridized carbons (Fsp3) is 0.833. The van der Waals surface area contributed by atoms with Crippen molar-refractivity contribution in [3.8, 4) is 12.3 Å². The van der Waals surface area contributed by atoms with Crippen molar-refractivity contribution in [2.24, 2.45) is 5.92 Å². The predicted octanol–water partition coefficient (Wildman–Crippen LogP) is 2.73. The minimum absolute atomic E-state index is 0.377. The van der Waals surface area contributed by atoms with Gasteiger partial charge in [-0.05, 0) is 38.0 Å². The molecule has 0 saturated heterocycles. The normalized spacial score (nSPS) is 33.2. The highest BCUT2D eigenvalue weighted by molar-refractivity contribution is 4.90. The van der Waals surface area contributed by atoms with Crippen LogP contribution < -0.4 is 0 Å². The molecule has 0 bridgehead atoms. The van der Waals surface area contributed by atoms with Crippen LogP contribution in [0.3, 0.4) is 0 Å². The summed E-state index contributed by atoms with van der Waals surface area (Å²) in [6, 6.07) is 0. The second-order valence-corrected chi connectivity index (χ2v) is 4.30. The highest BCUT2D eigenvalue weighted by Crippen LogP contribution is 2.39. The zero-order valence-corrected chi connectivity index (χ0v) is 8.55. The number of hydrogen-bond acceptors (Lipinski definition) is 1. The molecule has 1 saturated carbocycles. The number of aliphatic hydroxyl groups is 1. The molecule has 1 heteroatoms. The highest BCUT2D eigenvalue weighted by Gasteiger charge is 2.35. The SMILES string of the molecule is C#CCCCC1(O)CCC(CC)C1. The van der Waals surface area contributed by atoms with E-state index in [1.807, 2.05) is 0 Å². The quantitative estimate of drug-likeness (QED) is 0.521. The summed E-state index contributed by atoms with van der Waals surface area (Å²) in [5.74, 6) is 3.37.